The van der Waals surface area contributed by atoms with Crippen LogP contribution in [0.1, 0.15) is 5.69 Å². The van der Waals surface area contributed by atoms with Gasteiger partial charge in [0, 0.05) is 58.9 Å². The highest BCUT2D eigenvalue weighted by molar-refractivity contribution is 14.0. The van der Waals surface area contributed by atoms with Crippen molar-refractivity contribution in [2.24, 2.45) is 4.99 Å². The highest BCUT2D eigenvalue weighted by Crippen LogP contribution is 2.08. The van der Waals surface area contributed by atoms with Crippen molar-refractivity contribution in [2.75, 3.05) is 46.3 Å². The molecule has 1 aliphatic rings. The van der Waals surface area contributed by atoms with Gasteiger partial charge in [0.15, 0.2) is 5.96 Å². The Morgan fingerprint density at radius 3 is 2.48 bits per heavy atom. The summed E-state index contributed by atoms with van der Waals surface area (Å²) in [6.07, 6.45) is 1.59. The molecule has 2 heterocycles. The number of piperazine rings is 1. The fourth-order valence-corrected chi connectivity index (χ4v) is 4.09. The molecule has 11 heteroatoms. The van der Waals surface area contributed by atoms with E-state index < -0.39 is 10.0 Å². The zero-order valence-electron chi connectivity index (χ0n) is 16.3. The number of hydrogen-bond donors (Lipinski definition) is 2. The second-order valence-corrected chi connectivity index (χ2v) is 8.21. The van der Waals surface area contributed by atoms with Crippen molar-refractivity contribution in [3.63, 3.8) is 0 Å². The number of hydrogen-bond acceptors (Lipinski definition) is 6. The monoisotopic (exact) mass is 534 g/mol. The van der Waals surface area contributed by atoms with Crippen molar-refractivity contribution in [1.82, 2.24) is 25.0 Å². The Morgan fingerprint density at radius 1 is 1.14 bits per heavy atom. The van der Waals surface area contributed by atoms with Crippen molar-refractivity contribution >= 4 is 40.0 Å². The van der Waals surface area contributed by atoms with Crippen LogP contribution in [0, 0.1) is 0 Å². The maximum absolute atomic E-state index is 12.2. The van der Waals surface area contributed by atoms with Crippen LogP contribution >= 0.6 is 24.0 Å². The number of guanidine groups is 1. The van der Waals surface area contributed by atoms with Crippen LogP contribution in [0.15, 0.2) is 57.1 Å². The van der Waals surface area contributed by atoms with Crippen LogP contribution in [0.25, 0.3) is 0 Å². The number of aliphatic imine (C=N–C) groups is 1. The maximum atomic E-state index is 12.2. The zero-order valence-corrected chi connectivity index (χ0v) is 19.5. The minimum Gasteiger partial charge on any atom is -0.364 e. The number of nitrogens with one attached hydrogen (secondary N) is 2. The lowest BCUT2D eigenvalue weighted by molar-refractivity contribution is 0.169. The molecule has 1 fully saturated rings. The van der Waals surface area contributed by atoms with E-state index in [-0.39, 0.29) is 35.4 Å². The van der Waals surface area contributed by atoms with E-state index in [2.05, 4.69) is 30.0 Å². The first kappa shape index (κ1) is 23.6. The third kappa shape index (κ3) is 6.94. The minimum atomic E-state index is -3.49. The average Bonchev–Trinajstić information content (AvgIpc) is 3.23. The molecule has 0 amide bonds. The Labute approximate surface area is 188 Å². The van der Waals surface area contributed by atoms with Gasteiger partial charge < -0.3 is 14.7 Å². The molecule has 160 valence electrons. The number of aromatic nitrogens is 1. The van der Waals surface area contributed by atoms with E-state index in [0.717, 1.165) is 44.4 Å². The topological polar surface area (TPSA) is 103 Å². The largest absolute Gasteiger partial charge is 0.364 e. The minimum absolute atomic E-state index is 0. The average molecular weight is 534 g/mol. The highest BCUT2D eigenvalue weighted by Gasteiger charge is 2.20. The lowest BCUT2D eigenvalue weighted by Crippen LogP contribution is -2.53. The Balaban J connectivity index is 0.00000300. The van der Waals surface area contributed by atoms with E-state index in [1.807, 2.05) is 6.07 Å². The summed E-state index contributed by atoms with van der Waals surface area (Å²) in [7, 11) is -1.75. The first-order valence-corrected chi connectivity index (χ1v) is 10.7. The van der Waals surface area contributed by atoms with E-state index in [1.54, 1.807) is 43.6 Å². The van der Waals surface area contributed by atoms with Gasteiger partial charge in [-0.25, -0.2) is 13.1 Å². The van der Waals surface area contributed by atoms with Gasteiger partial charge in [0.2, 0.25) is 10.0 Å². The SMILES string of the molecule is CN=C(NCCNS(=O)(=O)c1ccccc1)N1CCN(Cc2ccon2)CC1.I. The van der Waals surface area contributed by atoms with Crippen LogP contribution in [0.5, 0.6) is 0 Å². The molecule has 0 spiro atoms. The van der Waals surface area contributed by atoms with E-state index >= 15 is 0 Å². The molecule has 3 rings (SSSR count). The number of rotatable bonds is 7. The molecule has 1 saturated heterocycles. The van der Waals surface area contributed by atoms with Crippen LogP contribution in [0.3, 0.4) is 0 Å². The van der Waals surface area contributed by atoms with Crippen LogP contribution in [0.4, 0.5) is 0 Å². The van der Waals surface area contributed by atoms with Crippen molar-refractivity contribution in [3.8, 4) is 0 Å². The highest BCUT2D eigenvalue weighted by atomic mass is 127. The predicted molar refractivity (Wildman–Crippen MR) is 122 cm³/mol. The van der Waals surface area contributed by atoms with Gasteiger partial charge in [-0.15, -0.1) is 24.0 Å². The Kier molecular flexibility index (Phi) is 9.33. The smallest absolute Gasteiger partial charge is 0.240 e. The Morgan fingerprint density at radius 2 is 1.86 bits per heavy atom. The molecular formula is C18H27IN6O3S. The number of nitrogens with zero attached hydrogens (tertiary/aromatic N) is 4. The van der Waals surface area contributed by atoms with Crippen LogP contribution < -0.4 is 10.0 Å². The lowest BCUT2D eigenvalue weighted by Gasteiger charge is -2.36. The second-order valence-electron chi connectivity index (χ2n) is 6.44. The van der Waals surface area contributed by atoms with Gasteiger partial charge in [0.25, 0.3) is 0 Å². The molecule has 9 nitrogen and oxygen atoms in total. The number of halogens is 1. The summed E-state index contributed by atoms with van der Waals surface area (Å²) < 4.78 is 31.9. The van der Waals surface area contributed by atoms with E-state index in [0.29, 0.717) is 6.54 Å². The first-order chi connectivity index (χ1) is 13.6. The molecule has 0 aliphatic carbocycles. The molecule has 2 N–H and O–H groups in total. The lowest BCUT2D eigenvalue weighted by atomic mass is 10.3. The Hall–Kier alpha value is -1.70. The molecule has 2 aromatic rings. The third-order valence-corrected chi connectivity index (χ3v) is 5.99. The summed E-state index contributed by atoms with van der Waals surface area (Å²) in [5.41, 5.74) is 0.932. The standard InChI is InChI=1S/C18H26N6O3S.HI/c1-19-18(20-8-9-21-28(25,26)17-5-3-2-4-6-17)24-12-10-23(11-13-24)15-16-7-14-27-22-16;/h2-7,14,21H,8-13,15H2,1H3,(H,19,20);1H. The normalized spacial score (nSPS) is 15.8. The summed E-state index contributed by atoms with van der Waals surface area (Å²) >= 11 is 0. The molecule has 0 radical (unpaired) electrons. The quantitative estimate of drug-likeness (QED) is 0.236. The molecule has 0 saturated carbocycles. The molecule has 1 aromatic heterocycles. The third-order valence-electron chi connectivity index (χ3n) is 4.51. The summed E-state index contributed by atoms with van der Waals surface area (Å²) in [4.78, 5) is 9.07. The van der Waals surface area contributed by atoms with Crippen molar-refractivity contribution in [3.05, 3.63) is 48.4 Å². The van der Waals surface area contributed by atoms with Crippen LogP contribution in [0.2, 0.25) is 0 Å². The van der Waals surface area contributed by atoms with Gasteiger partial charge in [0.1, 0.15) is 6.26 Å². The predicted octanol–water partition coefficient (Wildman–Crippen LogP) is 0.964. The van der Waals surface area contributed by atoms with E-state index in [9.17, 15) is 8.42 Å². The molecule has 1 aliphatic heterocycles. The van der Waals surface area contributed by atoms with Gasteiger partial charge in [-0.05, 0) is 12.1 Å². The molecule has 29 heavy (non-hydrogen) atoms. The number of benzene rings is 1. The number of sulfonamides is 1. The summed E-state index contributed by atoms with van der Waals surface area (Å²) in [5, 5.41) is 7.18. The molecular weight excluding hydrogens is 507 g/mol. The van der Waals surface area contributed by atoms with E-state index in [1.165, 1.54) is 0 Å². The second kappa shape index (κ2) is 11.5. The van der Waals surface area contributed by atoms with Crippen molar-refractivity contribution in [2.45, 2.75) is 11.4 Å². The molecule has 0 unspecified atom stereocenters. The molecule has 0 atom stereocenters. The van der Waals surface area contributed by atoms with Crippen molar-refractivity contribution < 1.29 is 12.9 Å². The first-order valence-electron chi connectivity index (χ1n) is 9.20. The van der Waals surface area contributed by atoms with Gasteiger partial charge in [0.05, 0.1) is 10.6 Å². The summed E-state index contributed by atoms with van der Waals surface area (Å²) in [6, 6.07) is 10.2. The summed E-state index contributed by atoms with van der Waals surface area (Å²) in [5.74, 6) is 0.778. The zero-order chi connectivity index (χ0) is 19.8. The summed E-state index contributed by atoms with van der Waals surface area (Å²) in [6.45, 7) is 4.99. The molecule has 1 aromatic carbocycles. The van der Waals surface area contributed by atoms with Gasteiger partial charge in [-0.2, -0.15) is 0 Å². The fraction of sp³-hybridized carbons (Fsp3) is 0.444. The molecule has 0 bridgehead atoms. The van der Waals surface area contributed by atoms with Crippen LogP contribution in [-0.4, -0.2) is 75.7 Å². The van der Waals surface area contributed by atoms with Crippen molar-refractivity contribution in [1.29, 1.82) is 0 Å². The fourth-order valence-electron chi connectivity index (χ4n) is 3.04. The Bertz CT molecular complexity index is 853. The van der Waals surface area contributed by atoms with Crippen LogP contribution in [-0.2, 0) is 16.6 Å². The van der Waals surface area contributed by atoms with Gasteiger partial charge in [-0.1, -0.05) is 23.4 Å². The van der Waals surface area contributed by atoms with Gasteiger partial charge >= 0.3 is 0 Å². The van der Waals surface area contributed by atoms with Gasteiger partial charge in [-0.3, -0.25) is 9.89 Å². The van der Waals surface area contributed by atoms with E-state index in [4.69, 9.17) is 4.52 Å². The maximum Gasteiger partial charge on any atom is 0.240 e.